The first-order valence-electron chi connectivity index (χ1n) is 2.26. The molecule has 0 aliphatic heterocycles. The fraction of sp³-hybridized carbons (Fsp3) is 0.800. The summed E-state index contributed by atoms with van der Waals surface area (Å²) in [4.78, 5) is 8.00. The number of hydrogen-bond acceptors (Lipinski definition) is 1. The fourth-order valence-electron chi connectivity index (χ4n) is 0.134. The van der Waals surface area contributed by atoms with E-state index in [-0.39, 0.29) is 0 Å². The summed E-state index contributed by atoms with van der Waals surface area (Å²) in [6.07, 6.45) is 2.37. The number of carbonyl (C=O) groups excluding carboxylic acids is 1. The van der Waals surface area contributed by atoms with Crippen molar-refractivity contribution in [3.63, 3.8) is 0 Å². The van der Waals surface area contributed by atoms with Crippen molar-refractivity contribution < 1.29 is 4.79 Å². The SMILES string of the molecule is C=O.CCCCCl. The molecule has 0 saturated heterocycles. The van der Waals surface area contributed by atoms with E-state index in [1.165, 1.54) is 6.42 Å². The number of hydrogen-bond donors (Lipinski definition) is 0. The first-order valence-corrected chi connectivity index (χ1v) is 2.80. The summed E-state index contributed by atoms with van der Waals surface area (Å²) >= 11 is 5.30. The van der Waals surface area contributed by atoms with Gasteiger partial charge in [0.1, 0.15) is 6.79 Å². The summed E-state index contributed by atoms with van der Waals surface area (Å²) < 4.78 is 0. The maximum Gasteiger partial charge on any atom is 0.106 e. The highest BCUT2D eigenvalue weighted by Crippen LogP contribution is 1.86. The molecule has 0 saturated carbocycles. The van der Waals surface area contributed by atoms with E-state index in [1.807, 2.05) is 6.79 Å². The minimum atomic E-state index is 0.816. The molecule has 2 heteroatoms. The van der Waals surface area contributed by atoms with E-state index >= 15 is 0 Å². The molecule has 0 aliphatic rings. The van der Waals surface area contributed by atoms with Gasteiger partial charge in [0.25, 0.3) is 0 Å². The van der Waals surface area contributed by atoms with Crippen molar-refractivity contribution in [2.45, 2.75) is 19.8 Å². The Bertz CT molecular complexity index is 22.0. The average molecular weight is 123 g/mol. The fourth-order valence-corrected chi connectivity index (χ4v) is 0.401. The van der Waals surface area contributed by atoms with Crippen molar-refractivity contribution in [1.82, 2.24) is 0 Å². The molecular formula is C5H11ClO. The van der Waals surface area contributed by atoms with E-state index in [9.17, 15) is 0 Å². The Morgan fingerprint density at radius 3 is 2.00 bits per heavy atom. The zero-order valence-corrected chi connectivity index (χ0v) is 5.37. The number of carbonyl (C=O) groups is 1. The van der Waals surface area contributed by atoms with Crippen LogP contribution in [0.5, 0.6) is 0 Å². The maximum atomic E-state index is 8.00. The van der Waals surface area contributed by atoms with Gasteiger partial charge in [-0.15, -0.1) is 11.6 Å². The van der Waals surface area contributed by atoms with Gasteiger partial charge in [-0.25, -0.2) is 0 Å². The zero-order valence-electron chi connectivity index (χ0n) is 4.61. The van der Waals surface area contributed by atoms with Gasteiger partial charge in [-0.05, 0) is 6.42 Å². The van der Waals surface area contributed by atoms with E-state index in [0.29, 0.717) is 0 Å². The molecule has 0 aromatic rings. The highest BCUT2D eigenvalue weighted by Gasteiger charge is 1.70. The van der Waals surface area contributed by atoms with E-state index in [2.05, 4.69) is 6.92 Å². The Morgan fingerprint density at radius 1 is 1.57 bits per heavy atom. The Kier molecular flexibility index (Phi) is 24.0. The minimum Gasteiger partial charge on any atom is -0.307 e. The summed E-state index contributed by atoms with van der Waals surface area (Å²) in [6.45, 7) is 4.13. The molecule has 0 aromatic carbocycles. The van der Waals surface area contributed by atoms with Gasteiger partial charge in [0.2, 0.25) is 0 Å². The van der Waals surface area contributed by atoms with Crippen LogP contribution in [0.4, 0.5) is 0 Å². The second-order valence-electron chi connectivity index (χ2n) is 1.04. The predicted molar refractivity (Wildman–Crippen MR) is 32.7 cm³/mol. The molecule has 0 spiro atoms. The molecule has 0 fully saturated rings. The van der Waals surface area contributed by atoms with Crippen LogP contribution in [0.2, 0.25) is 0 Å². The molecule has 1 nitrogen and oxygen atoms in total. The average Bonchev–Trinajstić information content (AvgIpc) is 1.75. The Hall–Kier alpha value is -0.0400. The van der Waals surface area contributed by atoms with Crippen LogP contribution >= 0.6 is 11.6 Å². The number of unbranched alkanes of at least 4 members (excludes halogenated alkanes) is 1. The zero-order chi connectivity index (χ0) is 6.12. The second kappa shape index (κ2) is 16.7. The van der Waals surface area contributed by atoms with Crippen LogP contribution in [-0.4, -0.2) is 12.7 Å². The van der Waals surface area contributed by atoms with Crippen LogP contribution in [0.1, 0.15) is 19.8 Å². The Morgan fingerprint density at radius 2 is 2.00 bits per heavy atom. The van der Waals surface area contributed by atoms with Crippen molar-refractivity contribution in [3.05, 3.63) is 0 Å². The van der Waals surface area contributed by atoms with Crippen LogP contribution in [-0.2, 0) is 4.79 Å². The second-order valence-corrected chi connectivity index (χ2v) is 1.42. The molecule has 0 radical (unpaired) electrons. The summed E-state index contributed by atoms with van der Waals surface area (Å²) in [5, 5.41) is 0. The van der Waals surface area contributed by atoms with Crippen molar-refractivity contribution in [2.24, 2.45) is 0 Å². The minimum absolute atomic E-state index is 0.816. The summed E-state index contributed by atoms with van der Waals surface area (Å²) in [5.41, 5.74) is 0. The summed E-state index contributed by atoms with van der Waals surface area (Å²) in [5.74, 6) is 0.816. The lowest BCUT2D eigenvalue weighted by Gasteiger charge is -1.77. The lowest BCUT2D eigenvalue weighted by Crippen LogP contribution is -1.65. The van der Waals surface area contributed by atoms with Crippen molar-refractivity contribution in [1.29, 1.82) is 0 Å². The molecule has 44 valence electrons. The quantitative estimate of drug-likeness (QED) is 0.511. The largest absolute Gasteiger partial charge is 0.307 e. The van der Waals surface area contributed by atoms with Crippen LogP contribution in [0, 0.1) is 0 Å². The molecule has 0 heterocycles. The van der Waals surface area contributed by atoms with Crippen LogP contribution in [0.25, 0.3) is 0 Å². The van der Waals surface area contributed by atoms with Gasteiger partial charge in [-0.3, -0.25) is 0 Å². The Balaban J connectivity index is 0. The Labute approximate surface area is 49.7 Å². The monoisotopic (exact) mass is 122 g/mol. The molecule has 0 aromatic heterocycles. The molecule has 0 bridgehead atoms. The smallest absolute Gasteiger partial charge is 0.106 e. The third-order valence-electron chi connectivity index (χ3n) is 0.487. The molecule has 0 N–H and O–H groups in total. The number of halogens is 1. The van der Waals surface area contributed by atoms with Crippen LogP contribution < -0.4 is 0 Å². The lowest BCUT2D eigenvalue weighted by atomic mass is 10.4. The van der Waals surface area contributed by atoms with Crippen molar-refractivity contribution in [2.75, 3.05) is 5.88 Å². The molecule has 0 amide bonds. The van der Waals surface area contributed by atoms with E-state index < -0.39 is 0 Å². The lowest BCUT2D eigenvalue weighted by molar-refractivity contribution is -0.0979. The molecule has 0 unspecified atom stereocenters. The molecule has 7 heavy (non-hydrogen) atoms. The van der Waals surface area contributed by atoms with Gasteiger partial charge in [0.15, 0.2) is 0 Å². The normalized spacial score (nSPS) is 6.57. The van der Waals surface area contributed by atoms with Gasteiger partial charge in [0.05, 0.1) is 0 Å². The third kappa shape index (κ3) is 24.3. The van der Waals surface area contributed by atoms with Gasteiger partial charge in [-0.2, -0.15) is 0 Å². The number of alkyl halides is 1. The van der Waals surface area contributed by atoms with E-state index in [0.717, 1.165) is 12.3 Å². The highest BCUT2D eigenvalue weighted by atomic mass is 35.5. The van der Waals surface area contributed by atoms with E-state index in [1.54, 1.807) is 0 Å². The van der Waals surface area contributed by atoms with Crippen LogP contribution in [0.3, 0.4) is 0 Å². The first kappa shape index (κ1) is 10.0. The van der Waals surface area contributed by atoms with Gasteiger partial charge in [-0.1, -0.05) is 13.3 Å². The highest BCUT2D eigenvalue weighted by molar-refractivity contribution is 6.17. The standard InChI is InChI=1S/C4H9Cl.CH2O/c1-2-3-4-5;1-2/h2-4H2,1H3;1H2. The maximum absolute atomic E-state index is 8.00. The first-order chi connectivity index (χ1) is 3.41. The molecular weight excluding hydrogens is 112 g/mol. The van der Waals surface area contributed by atoms with Gasteiger partial charge in [0, 0.05) is 5.88 Å². The van der Waals surface area contributed by atoms with Crippen molar-refractivity contribution >= 4 is 18.4 Å². The number of rotatable bonds is 2. The van der Waals surface area contributed by atoms with Gasteiger partial charge >= 0.3 is 0 Å². The van der Waals surface area contributed by atoms with E-state index in [4.69, 9.17) is 16.4 Å². The third-order valence-corrected chi connectivity index (χ3v) is 0.754. The molecule has 0 rings (SSSR count). The predicted octanol–water partition coefficient (Wildman–Crippen LogP) is 1.84. The molecule has 0 atom stereocenters. The van der Waals surface area contributed by atoms with Gasteiger partial charge < -0.3 is 4.79 Å². The summed E-state index contributed by atoms with van der Waals surface area (Å²) in [7, 11) is 0. The van der Waals surface area contributed by atoms with Crippen LogP contribution in [0.15, 0.2) is 0 Å². The van der Waals surface area contributed by atoms with Crippen molar-refractivity contribution in [3.8, 4) is 0 Å². The topological polar surface area (TPSA) is 17.1 Å². The summed E-state index contributed by atoms with van der Waals surface area (Å²) in [6, 6.07) is 0. The molecule has 0 aliphatic carbocycles.